The van der Waals surface area contributed by atoms with Crippen LogP contribution in [0.5, 0.6) is 0 Å². The third-order valence-corrected chi connectivity index (χ3v) is 2.22. The first-order chi connectivity index (χ1) is 5.97. The SMILES string of the molecule is Cc1cnc(CCS(N)(=O)=O)nc1. The highest BCUT2D eigenvalue weighted by atomic mass is 32.2. The summed E-state index contributed by atoms with van der Waals surface area (Å²) in [6.45, 7) is 1.86. The van der Waals surface area contributed by atoms with E-state index >= 15 is 0 Å². The van der Waals surface area contributed by atoms with Gasteiger partial charge in [0.05, 0.1) is 5.75 Å². The fourth-order valence-corrected chi connectivity index (χ4v) is 1.25. The van der Waals surface area contributed by atoms with Gasteiger partial charge < -0.3 is 0 Å². The van der Waals surface area contributed by atoms with Crippen LogP contribution in [0.3, 0.4) is 0 Å². The van der Waals surface area contributed by atoms with Crippen molar-refractivity contribution in [3.63, 3.8) is 0 Å². The highest BCUT2D eigenvalue weighted by Gasteiger charge is 2.04. The zero-order valence-electron chi connectivity index (χ0n) is 7.27. The average molecular weight is 201 g/mol. The normalized spacial score (nSPS) is 11.5. The molecule has 0 amide bonds. The molecule has 0 fully saturated rings. The van der Waals surface area contributed by atoms with Gasteiger partial charge in [-0.2, -0.15) is 0 Å². The number of aromatic nitrogens is 2. The Hall–Kier alpha value is -1.01. The summed E-state index contributed by atoms with van der Waals surface area (Å²) >= 11 is 0. The molecule has 0 bridgehead atoms. The van der Waals surface area contributed by atoms with E-state index in [0.29, 0.717) is 5.82 Å². The molecule has 0 radical (unpaired) electrons. The molecule has 0 unspecified atom stereocenters. The second-order valence-corrected chi connectivity index (χ2v) is 4.53. The van der Waals surface area contributed by atoms with E-state index in [1.54, 1.807) is 12.4 Å². The summed E-state index contributed by atoms with van der Waals surface area (Å²) in [5.74, 6) is 0.385. The van der Waals surface area contributed by atoms with E-state index in [1.165, 1.54) is 0 Å². The minimum Gasteiger partial charge on any atom is -0.241 e. The Bertz CT molecular complexity index is 371. The van der Waals surface area contributed by atoms with Crippen molar-refractivity contribution in [2.75, 3.05) is 5.75 Å². The molecule has 1 aromatic heterocycles. The lowest BCUT2D eigenvalue weighted by atomic mass is 10.4. The molecule has 1 heterocycles. The number of aryl methyl sites for hydroxylation is 2. The largest absolute Gasteiger partial charge is 0.241 e. The molecule has 0 aliphatic heterocycles. The maximum atomic E-state index is 10.6. The molecule has 0 spiro atoms. The van der Waals surface area contributed by atoms with Gasteiger partial charge >= 0.3 is 0 Å². The third-order valence-electron chi connectivity index (χ3n) is 1.44. The molecule has 6 heteroatoms. The lowest BCUT2D eigenvalue weighted by Crippen LogP contribution is -2.18. The Labute approximate surface area is 77.1 Å². The van der Waals surface area contributed by atoms with Crippen molar-refractivity contribution in [2.24, 2.45) is 5.14 Å². The predicted octanol–water partition coefficient (Wildman–Crippen LogP) is -0.384. The summed E-state index contributed by atoms with van der Waals surface area (Å²) in [4.78, 5) is 7.90. The van der Waals surface area contributed by atoms with Crippen LogP contribution in [0.15, 0.2) is 12.4 Å². The summed E-state index contributed by atoms with van der Waals surface area (Å²) in [5.41, 5.74) is 0.944. The molecule has 0 saturated carbocycles. The van der Waals surface area contributed by atoms with Crippen molar-refractivity contribution < 1.29 is 8.42 Å². The molecule has 1 rings (SSSR count). The molecule has 2 N–H and O–H groups in total. The van der Waals surface area contributed by atoms with Crippen molar-refractivity contribution in [3.8, 4) is 0 Å². The highest BCUT2D eigenvalue weighted by Crippen LogP contribution is 1.95. The van der Waals surface area contributed by atoms with Gasteiger partial charge in [-0.15, -0.1) is 0 Å². The second-order valence-electron chi connectivity index (χ2n) is 2.79. The van der Waals surface area contributed by atoms with Gasteiger partial charge in [0, 0.05) is 18.8 Å². The summed E-state index contributed by atoms with van der Waals surface area (Å²) in [6, 6.07) is 0. The maximum absolute atomic E-state index is 10.6. The van der Waals surface area contributed by atoms with Crippen molar-refractivity contribution in [2.45, 2.75) is 13.3 Å². The van der Waals surface area contributed by atoms with E-state index in [4.69, 9.17) is 5.14 Å². The number of sulfonamides is 1. The van der Waals surface area contributed by atoms with Crippen molar-refractivity contribution in [1.82, 2.24) is 9.97 Å². The Morgan fingerprint density at radius 1 is 1.38 bits per heavy atom. The molecular formula is C7H11N3O2S. The van der Waals surface area contributed by atoms with Crippen LogP contribution in [-0.4, -0.2) is 24.1 Å². The number of rotatable bonds is 3. The monoisotopic (exact) mass is 201 g/mol. The first-order valence-electron chi connectivity index (χ1n) is 3.75. The predicted molar refractivity (Wildman–Crippen MR) is 48.4 cm³/mol. The summed E-state index contributed by atoms with van der Waals surface area (Å²) in [5, 5.41) is 4.83. The Morgan fingerprint density at radius 2 is 1.92 bits per heavy atom. The summed E-state index contributed by atoms with van der Waals surface area (Å²) < 4.78 is 21.2. The van der Waals surface area contributed by atoms with E-state index in [1.807, 2.05) is 6.92 Å². The van der Waals surface area contributed by atoms with Crippen molar-refractivity contribution in [3.05, 3.63) is 23.8 Å². The van der Waals surface area contributed by atoms with E-state index < -0.39 is 10.0 Å². The zero-order chi connectivity index (χ0) is 9.90. The van der Waals surface area contributed by atoms with Gasteiger partial charge in [-0.1, -0.05) is 0 Å². The topological polar surface area (TPSA) is 85.9 Å². The van der Waals surface area contributed by atoms with E-state index in [9.17, 15) is 8.42 Å². The lowest BCUT2D eigenvalue weighted by Gasteiger charge is -1.98. The van der Waals surface area contributed by atoms with Crippen LogP contribution in [0, 0.1) is 6.92 Å². The fourth-order valence-electron chi connectivity index (χ4n) is 0.782. The van der Waals surface area contributed by atoms with Crippen LogP contribution >= 0.6 is 0 Å². The first kappa shape index (κ1) is 10.1. The molecule has 5 nitrogen and oxygen atoms in total. The minimum absolute atomic E-state index is 0.115. The number of hydrogen-bond acceptors (Lipinski definition) is 4. The number of hydrogen-bond donors (Lipinski definition) is 1. The van der Waals surface area contributed by atoms with Gasteiger partial charge in [-0.05, 0) is 12.5 Å². The van der Waals surface area contributed by atoms with Crippen molar-refractivity contribution in [1.29, 1.82) is 0 Å². The quantitative estimate of drug-likeness (QED) is 0.722. The van der Waals surface area contributed by atoms with Crippen molar-refractivity contribution >= 4 is 10.0 Å². The number of nitrogens with two attached hydrogens (primary N) is 1. The van der Waals surface area contributed by atoms with E-state index in [0.717, 1.165) is 5.56 Å². The molecule has 0 aliphatic carbocycles. The van der Waals surface area contributed by atoms with E-state index in [-0.39, 0.29) is 12.2 Å². The smallest absolute Gasteiger partial charge is 0.209 e. The summed E-state index contributed by atoms with van der Waals surface area (Å²) in [7, 11) is -3.41. The second kappa shape index (κ2) is 3.80. The molecule has 13 heavy (non-hydrogen) atoms. The van der Waals surface area contributed by atoms with Crippen LogP contribution in [-0.2, 0) is 16.4 Å². The van der Waals surface area contributed by atoms with Crippen LogP contribution in [0.2, 0.25) is 0 Å². The zero-order valence-corrected chi connectivity index (χ0v) is 8.08. The standard InChI is InChI=1S/C7H11N3O2S/c1-6-4-9-7(10-5-6)2-3-13(8,11)12/h4-5H,2-3H2,1H3,(H2,8,11,12). The van der Waals surface area contributed by atoms with Gasteiger partial charge in [0.2, 0.25) is 10.0 Å². The molecule has 0 atom stereocenters. The van der Waals surface area contributed by atoms with Crippen LogP contribution < -0.4 is 5.14 Å². The Morgan fingerprint density at radius 3 is 2.38 bits per heavy atom. The molecule has 72 valence electrons. The Balaban J connectivity index is 2.61. The van der Waals surface area contributed by atoms with Gasteiger partial charge in [-0.3, -0.25) is 0 Å². The number of nitrogens with zero attached hydrogens (tertiary/aromatic N) is 2. The van der Waals surface area contributed by atoms with Crippen LogP contribution in [0.25, 0.3) is 0 Å². The van der Waals surface area contributed by atoms with Crippen LogP contribution in [0.1, 0.15) is 11.4 Å². The van der Waals surface area contributed by atoms with Crippen LogP contribution in [0.4, 0.5) is 0 Å². The molecule has 1 aromatic rings. The van der Waals surface area contributed by atoms with Gasteiger partial charge in [0.15, 0.2) is 0 Å². The summed E-state index contributed by atoms with van der Waals surface area (Å²) in [6.07, 6.45) is 3.55. The third kappa shape index (κ3) is 3.95. The lowest BCUT2D eigenvalue weighted by molar-refractivity contribution is 0.596. The maximum Gasteiger partial charge on any atom is 0.209 e. The average Bonchev–Trinajstić information content (AvgIpc) is 2.02. The fraction of sp³-hybridized carbons (Fsp3) is 0.429. The van der Waals surface area contributed by atoms with Gasteiger partial charge in [0.25, 0.3) is 0 Å². The molecule has 0 aromatic carbocycles. The molecule has 0 aliphatic rings. The Kier molecular flexibility index (Phi) is 2.94. The number of primary sulfonamides is 1. The molecule has 0 saturated heterocycles. The van der Waals surface area contributed by atoms with Gasteiger partial charge in [-0.25, -0.2) is 23.5 Å². The first-order valence-corrected chi connectivity index (χ1v) is 5.47. The minimum atomic E-state index is -3.41. The molecular weight excluding hydrogens is 190 g/mol. The van der Waals surface area contributed by atoms with E-state index in [2.05, 4.69) is 9.97 Å². The highest BCUT2D eigenvalue weighted by molar-refractivity contribution is 7.89. The van der Waals surface area contributed by atoms with Gasteiger partial charge in [0.1, 0.15) is 5.82 Å².